The molecule has 5 heteroatoms. The molecular weight excluding hydrogens is 284 g/mol. The monoisotopic (exact) mass is 310 g/mol. The lowest BCUT2D eigenvalue weighted by molar-refractivity contribution is 0.357. The van der Waals surface area contributed by atoms with Gasteiger partial charge in [0.1, 0.15) is 0 Å². The molecule has 1 fully saturated rings. The fraction of sp³-hybridized carbons (Fsp3) is 0.625. The average molecular weight is 310 g/mol. The maximum Gasteiger partial charge on any atom is 0.243 e. The Morgan fingerprint density at radius 1 is 1.38 bits per heavy atom. The molecule has 4 nitrogen and oxygen atoms in total. The second kappa shape index (κ2) is 6.90. The predicted octanol–water partition coefficient (Wildman–Crippen LogP) is 2.61. The number of benzene rings is 1. The van der Waals surface area contributed by atoms with Gasteiger partial charge in [-0.2, -0.15) is 4.31 Å². The summed E-state index contributed by atoms with van der Waals surface area (Å²) in [4.78, 5) is 0.397. The Hall–Kier alpha value is -0.910. The van der Waals surface area contributed by atoms with E-state index in [2.05, 4.69) is 12.2 Å². The maximum absolute atomic E-state index is 12.7. The van der Waals surface area contributed by atoms with Gasteiger partial charge >= 0.3 is 0 Å². The lowest BCUT2D eigenvalue weighted by Gasteiger charge is -2.24. The van der Waals surface area contributed by atoms with Crippen LogP contribution in [0.5, 0.6) is 0 Å². The van der Waals surface area contributed by atoms with E-state index in [1.807, 2.05) is 19.1 Å². The van der Waals surface area contributed by atoms with E-state index in [4.69, 9.17) is 0 Å². The third kappa shape index (κ3) is 4.05. The van der Waals surface area contributed by atoms with Crippen LogP contribution in [0.25, 0.3) is 0 Å². The minimum atomic E-state index is -3.39. The van der Waals surface area contributed by atoms with Crippen LogP contribution in [0.15, 0.2) is 29.2 Å². The minimum Gasteiger partial charge on any atom is -0.313 e. The zero-order valence-corrected chi connectivity index (χ0v) is 14.0. The number of hydrogen-bond acceptors (Lipinski definition) is 3. The number of nitrogens with zero attached hydrogens (tertiary/aromatic N) is 1. The number of rotatable bonds is 8. The van der Waals surface area contributed by atoms with E-state index in [1.54, 1.807) is 19.2 Å². The zero-order valence-electron chi connectivity index (χ0n) is 13.2. The van der Waals surface area contributed by atoms with Gasteiger partial charge in [0, 0.05) is 19.6 Å². The van der Waals surface area contributed by atoms with Gasteiger partial charge in [-0.05, 0) is 56.3 Å². The van der Waals surface area contributed by atoms with Crippen molar-refractivity contribution in [3.05, 3.63) is 29.8 Å². The number of nitrogens with one attached hydrogen (secondary N) is 1. The smallest absolute Gasteiger partial charge is 0.243 e. The van der Waals surface area contributed by atoms with Crippen molar-refractivity contribution in [2.45, 2.75) is 50.6 Å². The van der Waals surface area contributed by atoms with E-state index >= 15 is 0 Å². The Morgan fingerprint density at radius 3 is 2.71 bits per heavy atom. The van der Waals surface area contributed by atoms with Crippen LogP contribution >= 0.6 is 0 Å². The Labute approximate surface area is 128 Å². The fourth-order valence-electron chi connectivity index (χ4n) is 2.49. The normalized spacial score (nSPS) is 17.1. The Kier molecular flexibility index (Phi) is 5.41. The molecule has 0 radical (unpaired) electrons. The largest absolute Gasteiger partial charge is 0.313 e. The summed E-state index contributed by atoms with van der Waals surface area (Å²) in [5.41, 5.74) is 1.01. The molecule has 0 spiro atoms. The van der Waals surface area contributed by atoms with Crippen molar-refractivity contribution in [2.75, 3.05) is 13.6 Å². The van der Waals surface area contributed by atoms with Crippen LogP contribution in [0.2, 0.25) is 0 Å². The predicted molar refractivity (Wildman–Crippen MR) is 85.6 cm³/mol. The quantitative estimate of drug-likeness (QED) is 0.751. The van der Waals surface area contributed by atoms with Crippen LogP contribution in [0.3, 0.4) is 0 Å². The van der Waals surface area contributed by atoms with E-state index in [0.29, 0.717) is 17.4 Å². The lowest BCUT2D eigenvalue weighted by atomic mass is 10.2. The molecule has 21 heavy (non-hydrogen) atoms. The summed E-state index contributed by atoms with van der Waals surface area (Å²) in [5.74, 6) is 0.527. The summed E-state index contributed by atoms with van der Waals surface area (Å²) < 4.78 is 26.9. The van der Waals surface area contributed by atoms with Crippen molar-refractivity contribution >= 4 is 10.0 Å². The zero-order chi connectivity index (χ0) is 15.5. The number of sulfonamides is 1. The van der Waals surface area contributed by atoms with Gasteiger partial charge in [0.25, 0.3) is 0 Å². The van der Waals surface area contributed by atoms with Crippen LogP contribution in [0.1, 0.15) is 38.7 Å². The highest BCUT2D eigenvalue weighted by molar-refractivity contribution is 7.89. The van der Waals surface area contributed by atoms with Gasteiger partial charge in [-0.25, -0.2) is 8.42 Å². The summed E-state index contributed by atoms with van der Waals surface area (Å²) in [6.07, 6.45) is 3.35. The third-order valence-corrected chi connectivity index (χ3v) is 6.15. The van der Waals surface area contributed by atoms with Gasteiger partial charge in [0.15, 0.2) is 0 Å². The van der Waals surface area contributed by atoms with Crippen molar-refractivity contribution in [2.24, 2.45) is 5.92 Å². The molecule has 1 aromatic rings. The third-order valence-electron chi connectivity index (χ3n) is 4.21. The summed E-state index contributed by atoms with van der Waals surface area (Å²) in [5, 5.41) is 3.30. The standard InChI is InChI=1S/C16H26N2O2S/c1-4-10-17-12-14-6-5-7-16(11-14)21(19,20)18(3)13(2)15-8-9-15/h5-7,11,13,15,17H,4,8-10,12H2,1-3H3. The second-order valence-electron chi connectivity index (χ2n) is 5.92. The Balaban J connectivity index is 2.13. The molecule has 1 saturated carbocycles. The van der Waals surface area contributed by atoms with Crippen LogP contribution in [-0.4, -0.2) is 32.4 Å². The van der Waals surface area contributed by atoms with Crippen molar-refractivity contribution in [1.29, 1.82) is 0 Å². The highest BCUT2D eigenvalue weighted by atomic mass is 32.2. The van der Waals surface area contributed by atoms with E-state index in [9.17, 15) is 8.42 Å². The molecule has 118 valence electrons. The van der Waals surface area contributed by atoms with Crippen molar-refractivity contribution < 1.29 is 8.42 Å². The first-order valence-corrected chi connectivity index (χ1v) is 9.18. The van der Waals surface area contributed by atoms with Crippen LogP contribution in [-0.2, 0) is 16.6 Å². The van der Waals surface area contributed by atoms with Gasteiger partial charge < -0.3 is 5.32 Å². The van der Waals surface area contributed by atoms with Crippen LogP contribution in [0, 0.1) is 5.92 Å². The van der Waals surface area contributed by atoms with Crippen molar-refractivity contribution in [3.63, 3.8) is 0 Å². The molecule has 1 N–H and O–H groups in total. The Morgan fingerprint density at radius 2 is 2.10 bits per heavy atom. The Bertz CT molecular complexity index is 567. The summed E-state index contributed by atoms with van der Waals surface area (Å²) in [7, 11) is -1.70. The molecule has 0 heterocycles. The number of hydrogen-bond donors (Lipinski definition) is 1. The fourth-order valence-corrected chi connectivity index (χ4v) is 3.98. The van der Waals surface area contributed by atoms with Gasteiger partial charge in [-0.1, -0.05) is 19.1 Å². The van der Waals surface area contributed by atoms with Gasteiger partial charge in [0.05, 0.1) is 4.90 Å². The topological polar surface area (TPSA) is 49.4 Å². The summed E-state index contributed by atoms with van der Waals surface area (Å²) >= 11 is 0. The SMILES string of the molecule is CCCNCc1cccc(S(=O)(=O)N(C)C(C)C2CC2)c1. The molecule has 1 aliphatic carbocycles. The molecule has 0 aliphatic heterocycles. The minimum absolute atomic E-state index is 0.0804. The van der Waals surface area contributed by atoms with Crippen molar-refractivity contribution in [1.82, 2.24) is 9.62 Å². The molecule has 1 unspecified atom stereocenters. The summed E-state index contributed by atoms with van der Waals surface area (Å²) in [6.45, 7) is 5.76. The van der Waals surface area contributed by atoms with Crippen molar-refractivity contribution in [3.8, 4) is 0 Å². The van der Waals surface area contributed by atoms with Gasteiger partial charge in [-0.3, -0.25) is 0 Å². The molecule has 0 aromatic heterocycles. The first kappa shape index (κ1) is 16.5. The van der Waals surface area contributed by atoms with E-state index < -0.39 is 10.0 Å². The molecule has 0 saturated heterocycles. The first-order valence-electron chi connectivity index (χ1n) is 7.74. The second-order valence-corrected chi connectivity index (χ2v) is 7.92. The first-order chi connectivity index (χ1) is 9.96. The summed E-state index contributed by atoms with van der Waals surface area (Å²) in [6, 6.07) is 7.34. The molecule has 0 amide bonds. The molecule has 1 atom stereocenters. The van der Waals surface area contributed by atoms with Crippen LogP contribution < -0.4 is 5.32 Å². The van der Waals surface area contributed by atoms with E-state index in [-0.39, 0.29) is 6.04 Å². The molecule has 2 rings (SSSR count). The van der Waals surface area contributed by atoms with Gasteiger partial charge in [0.2, 0.25) is 10.0 Å². The van der Waals surface area contributed by atoms with E-state index in [0.717, 1.165) is 31.4 Å². The van der Waals surface area contributed by atoms with Crippen LogP contribution in [0.4, 0.5) is 0 Å². The maximum atomic E-state index is 12.7. The van der Waals surface area contributed by atoms with E-state index in [1.165, 1.54) is 4.31 Å². The highest BCUT2D eigenvalue weighted by Crippen LogP contribution is 2.36. The van der Waals surface area contributed by atoms with Gasteiger partial charge in [-0.15, -0.1) is 0 Å². The lowest BCUT2D eigenvalue weighted by Crippen LogP contribution is -2.36. The molecule has 1 aromatic carbocycles. The average Bonchev–Trinajstić information content (AvgIpc) is 3.31. The molecular formula is C16H26N2O2S. The highest BCUT2D eigenvalue weighted by Gasteiger charge is 2.35. The molecule has 0 bridgehead atoms. The molecule has 1 aliphatic rings.